The Morgan fingerprint density at radius 2 is 1.36 bits per heavy atom. The maximum atomic E-state index is 11.8. The number of hydrogen-bond donors (Lipinski definition) is 3. The third-order valence-electron chi connectivity index (χ3n) is 3.94. The zero-order chi connectivity index (χ0) is 16.1. The van der Waals surface area contributed by atoms with Crippen LogP contribution in [0.4, 0.5) is 0 Å². The standard InChI is InChI=1S/C16H10O6/c17-13(18)9-5-3-7-11-12(9)8-4-1-2-6-10(8)16(11,14(19)20)15(21)22/h1-7H,(H,17,18)(H,19,20)(H,21,22). The van der Waals surface area contributed by atoms with Crippen molar-refractivity contribution in [3.8, 4) is 11.1 Å². The van der Waals surface area contributed by atoms with Crippen molar-refractivity contribution >= 4 is 17.9 Å². The van der Waals surface area contributed by atoms with Crippen molar-refractivity contribution in [2.45, 2.75) is 5.41 Å². The van der Waals surface area contributed by atoms with Crippen LogP contribution in [0.25, 0.3) is 11.1 Å². The molecule has 3 N–H and O–H groups in total. The Kier molecular flexibility index (Phi) is 2.78. The molecular weight excluding hydrogens is 288 g/mol. The van der Waals surface area contributed by atoms with Crippen LogP contribution in [0.5, 0.6) is 0 Å². The Labute approximate surface area is 124 Å². The van der Waals surface area contributed by atoms with E-state index in [4.69, 9.17) is 0 Å². The Balaban J connectivity index is 2.54. The zero-order valence-electron chi connectivity index (χ0n) is 11.1. The molecule has 1 aliphatic rings. The lowest BCUT2D eigenvalue weighted by Crippen LogP contribution is -2.43. The van der Waals surface area contributed by atoms with Gasteiger partial charge in [-0.05, 0) is 22.8 Å². The van der Waals surface area contributed by atoms with E-state index in [0.29, 0.717) is 5.56 Å². The van der Waals surface area contributed by atoms with Crippen LogP contribution in [-0.2, 0) is 15.0 Å². The number of carboxylic acids is 3. The van der Waals surface area contributed by atoms with Gasteiger partial charge in [-0.3, -0.25) is 9.59 Å². The summed E-state index contributed by atoms with van der Waals surface area (Å²) in [6.07, 6.45) is 0. The van der Waals surface area contributed by atoms with Gasteiger partial charge in [-0.1, -0.05) is 36.4 Å². The van der Waals surface area contributed by atoms with Crippen molar-refractivity contribution in [2.75, 3.05) is 0 Å². The molecule has 0 aliphatic heterocycles. The summed E-state index contributed by atoms with van der Waals surface area (Å²) in [5, 5.41) is 28.6. The Bertz CT molecular complexity index is 822. The van der Waals surface area contributed by atoms with Crippen LogP contribution >= 0.6 is 0 Å². The summed E-state index contributed by atoms with van der Waals surface area (Å²) < 4.78 is 0. The van der Waals surface area contributed by atoms with Gasteiger partial charge in [0.05, 0.1) is 5.56 Å². The van der Waals surface area contributed by atoms with E-state index in [2.05, 4.69) is 0 Å². The minimum absolute atomic E-state index is 0.0337. The summed E-state index contributed by atoms with van der Waals surface area (Å²) in [6, 6.07) is 10.1. The number of aromatic carboxylic acids is 1. The maximum Gasteiger partial charge on any atom is 0.336 e. The van der Waals surface area contributed by atoms with Crippen LogP contribution in [0, 0.1) is 0 Å². The van der Waals surface area contributed by atoms with Gasteiger partial charge in [0.2, 0.25) is 5.41 Å². The predicted octanol–water partition coefficient (Wildman–Crippen LogP) is 1.82. The van der Waals surface area contributed by atoms with Gasteiger partial charge >= 0.3 is 17.9 Å². The first-order chi connectivity index (χ1) is 10.4. The van der Waals surface area contributed by atoms with E-state index in [1.807, 2.05) is 0 Å². The molecule has 0 fully saturated rings. The molecule has 1 aliphatic carbocycles. The molecule has 0 saturated carbocycles. The summed E-state index contributed by atoms with van der Waals surface area (Å²) in [4.78, 5) is 35.1. The predicted molar refractivity (Wildman–Crippen MR) is 74.9 cm³/mol. The molecule has 6 heteroatoms. The number of carboxylic acid groups (broad SMARTS) is 3. The van der Waals surface area contributed by atoms with Crippen LogP contribution in [0.2, 0.25) is 0 Å². The SMILES string of the molecule is O=C(O)c1cccc2c1-c1ccccc1C2(C(=O)O)C(=O)O. The average Bonchev–Trinajstić information content (AvgIpc) is 2.78. The lowest BCUT2D eigenvalue weighted by Gasteiger charge is -2.22. The molecule has 0 saturated heterocycles. The van der Waals surface area contributed by atoms with Crippen molar-refractivity contribution < 1.29 is 29.7 Å². The normalized spacial score (nSPS) is 14.0. The summed E-state index contributed by atoms with van der Waals surface area (Å²) in [7, 11) is 0. The fourth-order valence-electron chi connectivity index (χ4n) is 3.06. The smallest absolute Gasteiger partial charge is 0.336 e. The molecule has 0 aromatic heterocycles. The molecule has 2 aromatic rings. The molecule has 0 unspecified atom stereocenters. The molecule has 0 spiro atoms. The Morgan fingerprint density at radius 1 is 0.773 bits per heavy atom. The fourth-order valence-corrected chi connectivity index (χ4v) is 3.06. The second-order valence-corrected chi connectivity index (χ2v) is 4.94. The highest BCUT2D eigenvalue weighted by molar-refractivity contribution is 6.16. The minimum Gasteiger partial charge on any atom is -0.480 e. The van der Waals surface area contributed by atoms with Crippen molar-refractivity contribution in [3.63, 3.8) is 0 Å². The maximum absolute atomic E-state index is 11.8. The molecule has 6 nitrogen and oxygen atoms in total. The van der Waals surface area contributed by atoms with Crippen LogP contribution in [-0.4, -0.2) is 33.2 Å². The largest absolute Gasteiger partial charge is 0.480 e. The topological polar surface area (TPSA) is 112 Å². The number of benzene rings is 2. The molecule has 22 heavy (non-hydrogen) atoms. The van der Waals surface area contributed by atoms with Gasteiger partial charge in [-0.2, -0.15) is 0 Å². The summed E-state index contributed by atoms with van der Waals surface area (Å²) >= 11 is 0. The number of hydrogen-bond acceptors (Lipinski definition) is 3. The van der Waals surface area contributed by atoms with Crippen LogP contribution in [0.1, 0.15) is 21.5 Å². The van der Waals surface area contributed by atoms with Crippen LogP contribution in [0.3, 0.4) is 0 Å². The van der Waals surface area contributed by atoms with Crippen molar-refractivity contribution in [3.05, 3.63) is 59.2 Å². The lowest BCUT2D eigenvalue weighted by atomic mass is 9.78. The first-order valence-corrected chi connectivity index (χ1v) is 6.35. The summed E-state index contributed by atoms with van der Waals surface area (Å²) in [5.41, 5.74) is -1.91. The van der Waals surface area contributed by atoms with Gasteiger partial charge in [-0.25, -0.2) is 4.79 Å². The first-order valence-electron chi connectivity index (χ1n) is 6.35. The van der Waals surface area contributed by atoms with E-state index in [-0.39, 0.29) is 22.3 Å². The Hall–Kier alpha value is -3.15. The van der Waals surface area contributed by atoms with E-state index >= 15 is 0 Å². The van der Waals surface area contributed by atoms with Crippen molar-refractivity contribution in [2.24, 2.45) is 0 Å². The number of rotatable bonds is 3. The molecule has 3 rings (SSSR count). The summed E-state index contributed by atoms with van der Waals surface area (Å²) in [5.74, 6) is -4.33. The zero-order valence-corrected chi connectivity index (χ0v) is 11.1. The van der Waals surface area contributed by atoms with Gasteiger partial charge in [0, 0.05) is 5.56 Å². The van der Waals surface area contributed by atoms with Gasteiger partial charge in [0.15, 0.2) is 0 Å². The molecular formula is C16H10O6. The quantitative estimate of drug-likeness (QED) is 0.745. The lowest BCUT2D eigenvalue weighted by molar-refractivity contribution is -0.154. The van der Waals surface area contributed by atoms with E-state index in [9.17, 15) is 29.7 Å². The van der Waals surface area contributed by atoms with E-state index in [0.717, 1.165) is 0 Å². The fraction of sp³-hybridized carbons (Fsp3) is 0.0625. The first kappa shape index (κ1) is 13.8. The Morgan fingerprint density at radius 3 is 1.95 bits per heavy atom. The summed E-state index contributed by atoms with van der Waals surface area (Å²) in [6.45, 7) is 0. The number of fused-ring (bicyclic) bond motifs is 3. The molecule has 0 heterocycles. The van der Waals surface area contributed by atoms with Crippen LogP contribution in [0.15, 0.2) is 42.5 Å². The highest BCUT2D eigenvalue weighted by atomic mass is 16.4. The second kappa shape index (κ2) is 4.42. The molecule has 0 radical (unpaired) electrons. The van der Waals surface area contributed by atoms with E-state index < -0.39 is 23.3 Å². The number of carbonyl (C=O) groups is 3. The molecule has 0 bridgehead atoms. The number of aliphatic carboxylic acids is 2. The van der Waals surface area contributed by atoms with Crippen LogP contribution < -0.4 is 0 Å². The monoisotopic (exact) mass is 298 g/mol. The van der Waals surface area contributed by atoms with Gasteiger partial charge in [0.1, 0.15) is 0 Å². The third-order valence-corrected chi connectivity index (χ3v) is 3.94. The van der Waals surface area contributed by atoms with Crippen molar-refractivity contribution in [1.29, 1.82) is 0 Å². The molecule has 0 amide bonds. The van der Waals surface area contributed by atoms with E-state index in [1.165, 1.54) is 36.4 Å². The van der Waals surface area contributed by atoms with Gasteiger partial charge in [-0.15, -0.1) is 0 Å². The van der Waals surface area contributed by atoms with Gasteiger partial charge in [0.25, 0.3) is 0 Å². The third kappa shape index (κ3) is 1.46. The average molecular weight is 298 g/mol. The second-order valence-electron chi connectivity index (χ2n) is 4.94. The van der Waals surface area contributed by atoms with E-state index in [1.54, 1.807) is 6.07 Å². The molecule has 0 atom stereocenters. The minimum atomic E-state index is -2.29. The molecule has 110 valence electrons. The van der Waals surface area contributed by atoms with Crippen molar-refractivity contribution in [1.82, 2.24) is 0 Å². The highest BCUT2D eigenvalue weighted by Gasteiger charge is 2.56. The highest BCUT2D eigenvalue weighted by Crippen LogP contribution is 2.50. The van der Waals surface area contributed by atoms with Gasteiger partial charge < -0.3 is 15.3 Å². The molecule has 2 aromatic carbocycles.